The molecule has 2 fully saturated rings. The quantitative estimate of drug-likeness (QED) is 0.278. The first-order chi connectivity index (χ1) is 16.2. The lowest BCUT2D eigenvalue weighted by Gasteiger charge is -2.31. The molecule has 3 rings (SSSR count). The molecule has 2 aliphatic carbocycles. The maximum atomic E-state index is 13.8. The smallest absolute Gasteiger partial charge is 0.399 e. The average molecular weight is 483 g/mol. The largest absolute Gasteiger partial charge is 0.573 e. The van der Waals surface area contributed by atoms with Crippen molar-refractivity contribution in [3.8, 4) is 17.6 Å². The van der Waals surface area contributed by atoms with E-state index >= 15 is 0 Å². The van der Waals surface area contributed by atoms with Gasteiger partial charge in [-0.3, -0.25) is 0 Å². The Morgan fingerprint density at radius 2 is 1.35 bits per heavy atom. The molecular weight excluding hydrogens is 447 g/mol. The monoisotopic (exact) mass is 482 g/mol. The van der Waals surface area contributed by atoms with Crippen LogP contribution in [0.1, 0.15) is 89.5 Å². The molecule has 0 amide bonds. The van der Waals surface area contributed by atoms with Crippen molar-refractivity contribution in [2.75, 3.05) is 0 Å². The number of halogens is 5. The summed E-state index contributed by atoms with van der Waals surface area (Å²) in [6, 6.07) is 1.49. The third-order valence-corrected chi connectivity index (χ3v) is 7.42. The normalized spacial score (nSPS) is 25.7. The highest BCUT2D eigenvalue weighted by molar-refractivity contribution is 5.42. The molecule has 2 saturated carbocycles. The number of allylic oxidation sites excluding steroid dienone is 2. The van der Waals surface area contributed by atoms with Gasteiger partial charge in [0, 0.05) is 5.56 Å². The Hall–Kier alpha value is -2.03. The Labute approximate surface area is 200 Å². The van der Waals surface area contributed by atoms with Crippen molar-refractivity contribution in [1.29, 1.82) is 0 Å². The lowest BCUT2D eigenvalue weighted by Crippen LogP contribution is -2.19. The van der Waals surface area contributed by atoms with E-state index in [1.165, 1.54) is 64.2 Å². The highest BCUT2D eigenvalue weighted by Gasteiger charge is 2.34. The van der Waals surface area contributed by atoms with Gasteiger partial charge in [-0.1, -0.05) is 76.2 Å². The molecule has 1 aromatic rings. The number of hydrogen-bond acceptors (Lipinski definition) is 1. The fraction of sp³-hybridized carbons (Fsp3) is 0.643. The van der Waals surface area contributed by atoms with Crippen LogP contribution < -0.4 is 4.74 Å². The van der Waals surface area contributed by atoms with Gasteiger partial charge in [0.1, 0.15) is 0 Å². The van der Waals surface area contributed by atoms with Gasteiger partial charge in [0.2, 0.25) is 5.75 Å². The van der Waals surface area contributed by atoms with E-state index in [2.05, 4.69) is 23.5 Å². The summed E-state index contributed by atoms with van der Waals surface area (Å²) in [6.45, 7) is 2.28. The standard InChI is InChI=1S/C28H35F5O/c1-2-5-20-8-12-22(13-9-20)16-17-23-14-10-21(11-15-23)6-3-4-7-24-18-25(29)27(26(30)19-24)34-28(31,32)33/h3,6,18-23H,2,5,8-17H2,1H3/b6-3+. The van der Waals surface area contributed by atoms with Crippen LogP contribution in [-0.4, -0.2) is 6.36 Å². The predicted octanol–water partition coefficient (Wildman–Crippen LogP) is 8.96. The summed E-state index contributed by atoms with van der Waals surface area (Å²) in [5.41, 5.74) is -0.0402. The Morgan fingerprint density at radius 1 is 0.853 bits per heavy atom. The number of rotatable bonds is 7. The Bertz CT molecular complexity index is 840. The maximum absolute atomic E-state index is 13.8. The molecule has 188 valence electrons. The summed E-state index contributed by atoms with van der Waals surface area (Å²) >= 11 is 0. The van der Waals surface area contributed by atoms with Crippen LogP contribution >= 0.6 is 0 Å². The van der Waals surface area contributed by atoms with E-state index in [4.69, 9.17) is 0 Å². The van der Waals surface area contributed by atoms with Crippen LogP contribution in [0.4, 0.5) is 22.0 Å². The zero-order valence-electron chi connectivity index (χ0n) is 19.9. The van der Waals surface area contributed by atoms with Crippen LogP contribution in [0.2, 0.25) is 0 Å². The summed E-state index contributed by atoms with van der Waals surface area (Å²) in [5.74, 6) is 4.14. The second-order valence-electron chi connectivity index (χ2n) is 9.98. The van der Waals surface area contributed by atoms with Crippen molar-refractivity contribution in [3.63, 3.8) is 0 Å². The molecule has 0 radical (unpaired) electrons. The van der Waals surface area contributed by atoms with Gasteiger partial charge in [0.15, 0.2) is 11.6 Å². The van der Waals surface area contributed by atoms with E-state index in [9.17, 15) is 22.0 Å². The van der Waals surface area contributed by atoms with Crippen LogP contribution in [0, 0.1) is 47.1 Å². The van der Waals surface area contributed by atoms with E-state index in [0.29, 0.717) is 5.92 Å². The van der Waals surface area contributed by atoms with Crippen molar-refractivity contribution in [1.82, 2.24) is 0 Å². The molecule has 0 spiro atoms. The highest BCUT2D eigenvalue weighted by atomic mass is 19.4. The van der Waals surface area contributed by atoms with Crippen molar-refractivity contribution in [2.24, 2.45) is 23.7 Å². The average Bonchev–Trinajstić information content (AvgIpc) is 2.79. The zero-order chi connectivity index (χ0) is 24.6. The molecule has 0 saturated heterocycles. The maximum Gasteiger partial charge on any atom is 0.573 e. The summed E-state index contributed by atoms with van der Waals surface area (Å²) in [6.07, 6.45) is 14.3. The lowest BCUT2D eigenvalue weighted by molar-refractivity contribution is -0.276. The van der Waals surface area contributed by atoms with Crippen molar-refractivity contribution in [2.45, 2.75) is 90.3 Å². The van der Waals surface area contributed by atoms with Crippen molar-refractivity contribution < 1.29 is 26.7 Å². The summed E-state index contributed by atoms with van der Waals surface area (Å²) in [5, 5.41) is 0. The molecule has 0 heterocycles. The molecule has 1 nitrogen and oxygen atoms in total. The van der Waals surface area contributed by atoms with Crippen LogP contribution in [0.25, 0.3) is 0 Å². The van der Waals surface area contributed by atoms with E-state index in [0.717, 1.165) is 42.7 Å². The van der Waals surface area contributed by atoms with Gasteiger partial charge in [0.05, 0.1) is 0 Å². The zero-order valence-corrected chi connectivity index (χ0v) is 19.9. The summed E-state index contributed by atoms with van der Waals surface area (Å²) < 4.78 is 67.6. The Kier molecular flexibility index (Phi) is 9.85. The Morgan fingerprint density at radius 3 is 1.85 bits per heavy atom. The highest BCUT2D eigenvalue weighted by Crippen LogP contribution is 2.38. The molecule has 0 atom stereocenters. The first-order valence-corrected chi connectivity index (χ1v) is 12.7. The van der Waals surface area contributed by atoms with E-state index in [1.807, 2.05) is 6.08 Å². The van der Waals surface area contributed by atoms with Crippen molar-refractivity contribution >= 4 is 0 Å². The van der Waals surface area contributed by atoms with E-state index in [-0.39, 0.29) is 5.56 Å². The van der Waals surface area contributed by atoms with Crippen LogP contribution in [-0.2, 0) is 0 Å². The molecular formula is C28H35F5O. The summed E-state index contributed by atoms with van der Waals surface area (Å²) in [4.78, 5) is 0. The number of hydrogen-bond donors (Lipinski definition) is 0. The second kappa shape index (κ2) is 12.6. The molecule has 0 N–H and O–H groups in total. The molecule has 0 unspecified atom stereocenters. The molecule has 6 heteroatoms. The van der Waals surface area contributed by atoms with Gasteiger partial charge in [-0.2, -0.15) is 0 Å². The molecule has 0 aromatic heterocycles. The third kappa shape index (κ3) is 8.64. The lowest BCUT2D eigenvalue weighted by atomic mass is 9.75. The molecule has 34 heavy (non-hydrogen) atoms. The van der Waals surface area contributed by atoms with Crippen LogP contribution in [0.3, 0.4) is 0 Å². The fourth-order valence-corrected chi connectivity index (χ4v) is 5.51. The molecule has 0 aliphatic heterocycles. The minimum absolute atomic E-state index is 0.0402. The first kappa shape index (κ1) is 26.6. The second-order valence-corrected chi connectivity index (χ2v) is 9.98. The molecule has 0 bridgehead atoms. The van der Waals surface area contributed by atoms with Gasteiger partial charge in [0.25, 0.3) is 0 Å². The minimum Gasteiger partial charge on any atom is -0.399 e. The van der Waals surface area contributed by atoms with E-state index < -0.39 is 23.7 Å². The van der Waals surface area contributed by atoms with Gasteiger partial charge in [-0.15, -0.1) is 13.2 Å². The van der Waals surface area contributed by atoms with Gasteiger partial charge in [-0.25, -0.2) is 8.78 Å². The van der Waals surface area contributed by atoms with Crippen LogP contribution in [0.5, 0.6) is 5.75 Å². The third-order valence-electron chi connectivity index (χ3n) is 7.42. The minimum atomic E-state index is -5.16. The van der Waals surface area contributed by atoms with Gasteiger partial charge < -0.3 is 4.74 Å². The van der Waals surface area contributed by atoms with Crippen LogP contribution in [0.15, 0.2) is 24.3 Å². The summed E-state index contributed by atoms with van der Waals surface area (Å²) in [7, 11) is 0. The van der Waals surface area contributed by atoms with E-state index in [1.54, 1.807) is 6.08 Å². The number of benzene rings is 1. The first-order valence-electron chi connectivity index (χ1n) is 12.7. The molecule has 2 aliphatic rings. The van der Waals surface area contributed by atoms with Crippen molar-refractivity contribution in [3.05, 3.63) is 41.5 Å². The van der Waals surface area contributed by atoms with Gasteiger partial charge in [-0.05, 0) is 67.6 Å². The van der Waals surface area contributed by atoms with Gasteiger partial charge >= 0.3 is 6.36 Å². The predicted molar refractivity (Wildman–Crippen MR) is 124 cm³/mol. The topological polar surface area (TPSA) is 9.23 Å². The number of alkyl halides is 3. The SMILES string of the molecule is CCCC1CCC(CCC2CCC(/C=C/C#Cc3cc(F)c(OC(F)(F)F)c(F)c3)CC2)CC1. The Balaban J connectivity index is 1.39. The number of ether oxygens (including phenoxy) is 1. The molecule has 1 aromatic carbocycles. The fourth-order valence-electron chi connectivity index (χ4n) is 5.51.